The highest BCUT2D eigenvalue weighted by atomic mass is 16.7. The fraction of sp³-hybridized carbons (Fsp3) is 0.971. The van der Waals surface area contributed by atoms with Gasteiger partial charge < -0.3 is 9.80 Å². The van der Waals surface area contributed by atoms with Crippen LogP contribution >= 0.6 is 0 Å². The van der Waals surface area contributed by atoms with E-state index in [1.165, 1.54) is 77.0 Å². The Hall–Kier alpha value is -1.38. The molecule has 0 aromatic heterocycles. The van der Waals surface area contributed by atoms with Crippen LogP contribution in [0, 0.1) is 0 Å². The van der Waals surface area contributed by atoms with Gasteiger partial charge in [-0.3, -0.25) is 28.9 Å². The van der Waals surface area contributed by atoms with E-state index in [1.807, 2.05) is 0 Å². The van der Waals surface area contributed by atoms with Crippen LogP contribution in [0.2, 0.25) is 0 Å². The molecule has 4 aliphatic heterocycles. The van der Waals surface area contributed by atoms with Gasteiger partial charge in [0.05, 0.1) is 24.4 Å². The molecule has 4 saturated heterocycles. The minimum atomic E-state index is -0.224. The van der Waals surface area contributed by atoms with E-state index < -0.39 is 0 Å². The van der Waals surface area contributed by atoms with Crippen molar-refractivity contribution in [3.05, 3.63) is 0 Å². The van der Waals surface area contributed by atoms with E-state index in [0.29, 0.717) is 24.7 Å². The van der Waals surface area contributed by atoms with Gasteiger partial charge >= 0.3 is 0 Å². The van der Waals surface area contributed by atoms with Gasteiger partial charge in [0.15, 0.2) is 0 Å². The number of piperidine rings is 4. The Morgan fingerprint density at radius 1 is 0.293 bits per heavy atom. The average Bonchev–Trinajstić information content (AvgIpc) is 2.44. The molecule has 8 rings (SSSR count). The topological polar surface area (TPSA) is 90.5 Å². The Balaban J connectivity index is 0.909. The molecule has 4 heterocycles. The van der Waals surface area contributed by atoms with Crippen LogP contribution in [-0.2, 0) is 28.9 Å². The second kappa shape index (κ2) is 27.2. The first kappa shape index (κ1) is 66.6. The Morgan fingerprint density at radius 3 is 0.646 bits per heavy atom. The number of hydroxylamine groups is 8. The van der Waals surface area contributed by atoms with Gasteiger partial charge in [0.2, 0.25) is 11.8 Å². The quantitative estimate of drug-likeness (QED) is 0.104. The van der Waals surface area contributed by atoms with Crippen molar-refractivity contribution in [2.75, 3.05) is 0 Å². The molecule has 0 atom stereocenters. The fourth-order valence-electron chi connectivity index (χ4n) is 19.0. The number of nitrogens with zero attached hydrogens (tertiary/aromatic N) is 6. The molecule has 474 valence electrons. The number of hydrogen-bond acceptors (Lipinski definition) is 10. The molecule has 82 heavy (non-hydrogen) atoms. The van der Waals surface area contributed by atoms with Gasteiger partial charge in [0.25, 0.3) is 0 Å². The highest BCUT2D eigenvalue weighted by Crippen LogP contribution is 2.50. The molecule has 0 aromatic rings. The van der Waals surface area contributed by atoms with Crippen LogP contribution in [0.3, 0.4) is 0 Å². The Kier molecular flexibility index (Phi) is 22.0. The van der Waals surface area contributed by atoms with E-state index in [1.54, 1.807) is 0 Å². The lowest BCUT2D eigenvalue weighted by Gasteiger charge is -2.60. The lowest BCUT2D eigenvalue weighted by molar-refractivity contribution is -0.322. The molecule has 8 fully saturated rings. The zero-order valence-electron chi connectivity index (χ0n) is 56.2. The average molecular weight is 1150 g/mol. The summed E-state index contributed by atoms with van der Waals surface area (Å²) >= 11 is 0. The summed E-state index contributed by atoms with van der Waals surface area (Å²) in [5.41, 5.74) is -1.79. The van der Waals surface area contributed by atoms with E-state index in [0.717, 1.165) is 141 Å². The van der Waals surface area contributed by atoms with E-state index in [-0.39, 0.29) is 92.9 Å². The molecule has 0 unspecified atom stereocenters. The fourth-order valence-corrected chi connectivity index (χ4v) is 19.0. The molecule has 0 bridgehead atoms. The van der Waals surface area contributed by atoms with E-state index >= 15 is 9.59 Å². The monoisotopic (exact) mass is 1150 g/mol. The van der Waals surface area contributed by atoms with Crippen LogP contribution < -0.4 is 0 Å². The minimum Gasteiger partial charge on any atom is -0.336 e. The summed E-state index contributed by atoms with van der Waals surface area (Å²) in [7, 11) is 0. The number of amides is 2. The molecule has 0 spiro atoms. The molecule has 12 heteroatoms. The molecule has 0 radical (unpaired) electrons. The summed E-state index contributed by atoms with van der Waals surface area (Å²) in [4.78, 5) is 63.4. The maximum absolute atomic E-state index is 15.3. The number of unbranched alkanes of at least 4 members (excludes halogenated alkanes) is 5. The molecular weight excluding hydrogens is 1020 g/mol. The lowest BCUT2D eigenvalue weighted by Crippen LogP contribution is -2.69. The van der Waals surface area contributed by atoms with Crippen molar-refractivity contribution in [2.24, 2.45) is 0 Å². The molecule has 0 N–H and O–H groups in total. The molecule has 2 amide bonds. The first-order valence-electron chi connectivity index (χ1n) is 34.9. The van der Waals surface area contributed by atoms with Crippen molar-refractivity contribution < 1.29 is 28.9 Å². The first-order valence-corrected chi connectivity index (χ1v) is 34.9. The predicted octanol–water partition coefficient (Wildman–Crippen LogP) is 16.9. The molecule has 8 aliphatic rings. The van der Waals surface area contributed by atoms with Gasteiger partial charge in [-0.15, -0.1) is 0 Å². The highest BCUT2D eigenvalue weighted by Gasteiger charge is 2.57. The molecule has 4 aliphatic carbocycles. The van der Waals surface area contributed by atoms with Crippen molar-refractivity contribution in [1.82, 2.24) is 30.1 Å². The van der Waals surface area contributed by atoms with Crippen molar-refractivity contribution in [2.45, 2.75) is 435 Å². The Morgan fingerprint density at radius 2 is 0.463 bits per heavy atom. The second-order valence-corrected chi connectivity index (χ2v) is 33.6. The number of rotatable bonds is 21. The standard InChI is InChI=1S/C70H128N6O6/c1-63(2)45-53(46-64(3,4)73(63)79-57-35-25-21-26-36-57)71(54-47-65(5,6)74(66(7,8)48-54)80-58-37-27-22-28-38-58)61(77)43-33-19-17-18-20-34-44-62(78)72(55-49-67(9,10)75(68(11,12)50-55)81-59-39-29-23-30-40-59)56-51-69(13,14)76(70(15,16)52-56)82-60-41-31-24-32-42-60/h53-60H,17-52H2,1-16H3. The third-order valence-electron chi connectivity index (χ3n) is 21.7. The third-order valence-corrected chi connectivity index (χ3v) is 21.7. The summed E-state index contributed by atoms with van der Waals surface area (Å²) < 4.78 is 0. The largest absolute Gasteiger partial charge is 0.336 e. The van der Waals surface area contributed by atoms with Gasteiger partial charge in [-0.05, 0) is 226 Å². The van der Waals surface area contributed by atoms with Crippen LogP contribution in [0.1, 0.15) is 342 Å². The van der Waals surface area contributed by atoms with Crippen LogP contribution in [0.5, 0.6) is 0 Å². The Labute approximate surface area is 503 Å². The number of carbonyl (C=O) groups is 2. The van der Waals surface area contributed by atoms with Gasteiger partial charge in [-0.2, -0.15) is 20.3 Å². The van der Waals surface area contributed by atoms with Crippen LogP contribution in [0.4, 0.5) is 0 Å². The lowest BCUT2D eigenvalue weighted by atomic mass is 9.74. The smallest absolute Gasteiger partial charge is 0.223 e. The number of carbonyl (C=O) groups excluding carboxylic acids is 2. The zero-order valence-corrected chi connectivity index (χ0v) is 56.2. The van der Waals surface area contributed by atoms with Crippen molar-refractivity contribution in [3.8, 4) is 0 Å². The highest BCUT2D eigenvalue weighted by molar-refractivity contribution is 5.77. The summed E-state index contributed by atoms with van der Waals surface area (Å²) in [6, 6.07) is 0.509. The zero-order chi connectivity index (χ0) is 59.5. The summed E-state index contributed by atoms with van der Waals surface area (Å²) in [6.07, 6.45) is 39.9. The maximum atomic E-state index is 15.3. The third kappa shape index (κ3) is 16.5. The molecule has 4 saturated carbocycles. The summed E-state index contributed by atoms with van der Waals surface area (Å²) in [5.74, 6) is 0.662. The minimum absolute atomic E-state index is 0.127. The maximum Gasteiger partial charge on any atom is 0.223 e. The van der Waals surface area contributed by atoms with Gasteiger partial charge in [-0.25, -0.2) is 0 Å². The van der Waals surface area contributed by atoms with E-state index in [2.05, 4.69) is 141 Å². The van der Waals surface area contributed by atoms with Crippen LogP contribution in [-0.4, -0.2) is 135 Å². The molecule has 0 aromatic carbocycles. The SMILES string of the molecule is CC1(C)CC(N(C(=O)CCCCCCCCC(=O)N(C2CC(C)(C)N(OC3CCCCC3)C(C)(C)C2)C2CC(C)(C)N(OC3CCCCC3)C(C)(C)C2)C2CC(C)(C)N(OC3CCCCC3)C(C)(C)C2)CC(C)(C)N1OC1CCCCC1. The van der Waals surface area contributed by atoms with Crippen molar-refractivity contribution in [3.63, 3.8) is 0 Å². The second-order valence-electron chi connectivity index (χ2n) is 33.6. The summed E-state index contributed by atoms with van der Waals surface area (Å²) in [6.45, 7) is 37.8. The van der Waals surface area contributed by atoms with Crippen molar-refractivity contribution in [1.29, 1.82) is 0 Å². The first-order chi connectivity index (χ1) is 38.4. The van der Waals surface area contributed by atoms with Gasteiger partial charge in [-0.1, -0.05) is 103 Å². The van der Waals surface area contributed by atoms with Gasteiger partial charge in [0, 0.05) is 81.3 Å². The predicted molar refractivity (Wildman–Crippen MR) is 335 cm³/mol. The number of hydrogen-bond donors (Lipinski definition) is 0. The van der Waals surface area contributed by atoms with Gasteiger partial charge in [0.1, 0.15) is 0 Å². The van der Waals surface area contributed by atoms with Crippen LogP contribution in [0.25, 0.3) is 0 Å². The normalized spacial score (nSPS) is 28.7. The van der Waals surface area contributed by atoms with Crippen LogP contribution in [0.15, 0.2) is 0 Å². The summed E-state index contributed by atoms with van der Waals surface area (Å²) in [5, 5.41) is 9.47. The Bertz CT molecular complexity index is 1690. The van der Waals surface area contributed by atoms with E-state index in [9.17, 15) is 0 Å². The van der Waals surface area contributed by atoms with E-state index in [4.69, 9.17) is 19.4 Å². The molecular formula is C70H128N6O6. The molecule has 12 nitrogen and oxygen atoms in total. The van der Waals surface area contributed by atoms with Crippen molar-refractivity contribution >= 4 is 11.8 Å².